The van der Waals surface area contributed by atoms with E-state index in [1.807, 2.05) is 4.90 Å². The molecule has 11 nitrogen and oxygen atoms in total. The Bertz CT molecular complexity index is 1780. The number of morpholine rings is 1. The minimum absolute atomic E-state index is 0.0131. The highest BCUT2D eigenvalue weighted by molar-refractivity contribution is 5.92. The number of anilines is 2. The monoisotopic (exact) mass is 739 g/mol. The second kappa shape index (κ2) is 14.4. The molecule has 2 aromatic carbocycles. The summed E-state index contributed by atoms with van der Waals surface area (Å²) < 4.78 is 99.1. The van der Waals surface area contributed by atoms with Gasteiger partial charge in [0.1, 0.15) is 23.8 Å². The number of rotatable bonds is 9. The number of hydrogen-bond acceptors (Lipinski definition) is 9. The number of hydrogen-bond donors (Lipinski definition) is 2. The van der Waals surface area contributed by atoms with Crippen LogP contribution in [0.1, 0.15) is 73.3 Å². The summed E-state index contributed by atoms with van der Waals surface area (Å²) in [6.07, 6.45) is -9.67. The van der Waals surface area contributed by atoms with Gasteiger partial charge in [-0.2, -0.15) is 26.3 Å². The van der Waals surface area contributed by atoms with Gasteiger partial charge in [-0.3, -0.25) is 9.69 Å². The number of carbonyl (C=O) groups is 2. The molecular formula is C35H39F6N5O6. The molecule has 0 bridgehead atoms. The summed E-state index contributed by atoms with van der Waals surface area (Å²) in [6.45, 7) is 5.53. The molecule has 3 aromatic rings. The average molecular weight is 740 g/mol. The van der Waals surface area contributed by atoms with Crippen LogP contribution in [0, 0.1) is 5.41 Å². The molecule has 0 spiro atoms. The van der Waals surface area contributed by atoms with Crippen molar-refractivity contribution in [3.8, 4) is 5.75 Å². The van der Waals surface area contributed by atoms with Crippen LogP contribution >= 0.6 is 0 Å². The number of nitrogens with zero attached hydrogens (tertiary/aromatic N) is 4. The van der Waals surface area contributed by atoms with Crippen molar-refractivity contribution in [3.05, 3.63) is 76.4 Å². The first-order valence-corrected chi connectivity index (χ1v) is 16.4. The van der Waals surface area contributed by atoms with Gasteiger partial charge in [0.25, 0.3) is 0 Å². The molecule has 17 heteroatoms. The number of halogens is 6. The Hall–Kier alpha value is -4.64. The first kappa shape index (κ1) is 38.6. The zero-order chi connectivity index (χ0) is 38.2. The van der Waals surface area contributed by atoms with E-state index >= 15 is 0 Å². The maximum atomic E-state index is 13.8. The third-order valence-corrected chi connectivity index (χ3v) is 9.33. The first-order valence-electron chi connectivity index (χ1n) is 16.4. The first-order chi connectivity index (χ1) is 24.3. The number of nitrogens with two attached hydrogens (primary N) is 1. The van der Waals surface area contributed by atoms with E-state index < -0.39 is 65.6 Å². The molecule has 2 aliphatic heterocycles. The molecule has 0 radical (unpaired) electrons. The molecule has 2 atom stereocenters. The van der Waals surface area contributed by atoms with Gasteiger partial charge in [-0.1, -0.05) is 6.92 Å². The fourth-order valence-corrected chi connectivity index (χ4v) is 6.23. The lowest BCUT2D eigenvalue weighted by Crippen LogP contribution is -2.62. The molecule has 3 N–H and O–H groups in total. The Labute approximate surface area is 295 Å². The van der Waals surface area contributed by atoms with Gasteiger partial charge >= 0.3 is 24.4 Å². The van der Waals surface area contributed by atoms with Gasteiger partial charge in [0.2, 0.25) is 0 Å². The zero-order valence-corrected chi connectivity index (χ0v) is 28.9. The van der Waals surface area contributed by atoms with Crippen LogP contribution in [0.15, 0.2) is 42.6 Å². The number of amides is 1. The van der Waals surface area contributed by atoms with E-state index in [2.05, 4.69) is 4.98 Å². The van der Waals surface area contributed by atoms with Gasteiger partial charge in [0.15, 0.2) is 0 Å². The molecule has 1 amide bonds. The lowest BCUT2D eigenvalue weighted by atomic mass is 9.80. The molecular weight excluding hydrogens is 700 g/mol. The number of alkyl halides is 6. The van der Waals surface area contributed by atoms with Crippen LogP contribution in [0.3, 0.4) is 0 Å². The second-order valence-corrected chi connectivity index (χ2v) is 13.5. The molecule has 1 fully saturated rings. The standard InChI is InChI=1S/C35H39F6N5O6/c1-5-33(42)17-25(24-16-23(50-4)6-7-27(24)46(33)31(49)52-19-32(2,3)30(47)48)29-43-18-28(45-8-10-51-11-9-45)26(44-29)14-20-12-21(34(36,37)38)15-22(13-20)35(39,40)41/h6-7,12-13,15-16,18,25H,5,8-11,14,17,19,42H2,1-4H3,(H,47,48)/t25-,33+/m0/s1. The van der Waals surface area contributed by atoms with Crippen LogP contribution in [-0.4, -0.2) is 72.8 Å². The number of carbonyl (C=O) groups excluding carboxylic acids is 1. The predicted molar refractivity (Wildman–Crippen MR) is 176 cm³/mol. The van der Waals surface area contributed by atoms with Crippen LogP contribution < -0.4 is 20.3 Å². The highest BCUT2D eigenvalue weighted by atomic mass is 19.4. The molecule has 0 unspecified atom stereocenters. The summed E-state index contributed by atoms with van der Waals surface area (Å²) in [4.78, 5) is 37.9. The van der Waals surface area contributed by atoms with E-state index in [4.69, 9.17) is 24.9 Å². The van der Waals surface area contributed by atoms with Gasteiger partial charge in [-0.05, 0) is 74.2 Å². The van der Waals surface area contributed by atoms with Gasteiger partial charge in [-0.15, -0.1) is 0 Å². The topological polar surface area (TPSA) is 140 Å². The number of aliphatic carboxylic acids is 1. The van der Waals surface area contributed by atoms with Crippen LogP contribution in [-0.2, 0) is 33.0 Å². The molecule has 3 heterocycles. The van der Waals surface area contributed by atoms with Crippen molar-refractivity contribution >= 4 is 23.4 Å². The number of aromatic nitrogens is 2. The number of benzene rings is 2. The van der Waals surface area contributed by atoms with Gasteiger partial charge in [0, 0.05) is 25.4 Å². The third-order valence-electron chi connectivity index (χ3n) is 9.33. The van der Waals surface area contributed by atoms with Crippen molar-refractivity contribution in [3.63, 3.8) is 0 Å². The van der Waals surface area contributed by atoms with Crippen LogP contribution in [0.5, 0.6) is 5.75 Å². The molecule has 0 aliphatic carbocycles. The van der Waals surface area contributed by atoms with Crippen molar-refractivity contribution in [1.82, 2.24) is 9.97 Å². The molecule has 1 saturated heterocycles. The smallest absolute Gasteiger partial charge is 0.416 e. The summed E-state index contributed by atoms with van der Waals surface area (Å²) in [7, 11) is 1.44. The fraction of sp³-hybridized carbons (Fsp3) is 0.486. The van der Waals surface area contributed by atoms with Crippen LogP contribution in [0.2, 0.25) is 0 Å². The van der Waals surface area contributed by atoms with Gasteiger partial charge in [0.05, 0.1) is 60.1 Å². The summed E-state index contributed by atoms with van der Waals surface area (Å²) in [5.41, 5.74) is 2.34. The maximum absolute atomic E-state index is 13.8. The fourth-order valence-electron chi connectivity index (χ4n) is 6.23. The summed E-state index contributed by atoms with van der Waals surface area (Å²) >= 11 is 0. The van der Waals surface area contributed by atoms with E-state index in [1.165, 1.54) is 32.1 Å². The number of methoxy groups -OCH3 is 1. The van der Waals surface area contributed by atoms with E-state index in [-0.39, 0.29) is 36.0 Å². The van der Waals surface area contributed by atoms with Gasteiger partial charge < -0.3 is 30.0 Å². The van der Waals surface area contributed by atoms with E-state index in [1.54, 1.807) is 25.1 Å². The molecule has 52 heavy (non-hydrogen) atoms. The third kappa shape index (κ3) is 8.04. The average Bonchev–Trinajstić information content (AvgIpc) is 3.09. The van der Waals surface area contributed by atoms with Crippen molar-refractivity contribution in [2.24, 2.45) is 11.1 Å². The predicted octanol–water partition coefficient (Wildman–Crippen LogP) is 6.60. The number of carboxylic acids is 1. The molecule has 282 valence electrons. The Kier molecular flexibility index (Phi) is 10.7. The largest absolute Gasteiger partial charge is 0.497 e. The number of fused-ring (bicyclic) bond motifs is 1. The maximum Gasteiger partial charge on any atom is 0.416 e. The van der Waals surface area contributed by atoms with Gasteiger partial charge in [-0.25, -0.2) is 14.8 Å². The highest BCUT2D eigenvalue weighted by Crippen LogP contribution is 2.47. The van der Waals surface area contributed by atoms with E-state index in [0.717, 1.165) is 0 Å². The summed E-state index contributed by atoms with van der Waals surface area (Å²) in [5, 5.41) is 9.54. The number of ether oxygens (including phenoxy) is 3. The van der Waals surface area contributed by atoms with Crippen molar-refractivity contribution < 1.29 is 55.2 Å². The Morgan fingerprint density at radius 1 is 1.02 bits per heavy atom. The summed E-state index contributed by atoms with van der Waals surface area (Å²) in [6, 6.07) is 6.27. The molecule has 0 saturated carbocycles. The Morgan fingerprint density at radius 2 is 1.65 bits per heavy atom. The van der Waals surface area contributed by atoms with Crippen molar-refractivity contribution in [1.29, 1.82) is 0 Å². The van der Waals surface area contributed by atoms with Crippen LogP contribution in [0.25, 0.3) is 0 Å². The Balaban J connectivity index is 1.63. The lowest BCUT2D eigenvalue weighted by molar-refractivity contribution is -0.149. The molecule has 5 rings (SSSR count). The van der Waals surface area contributed by atoms with Crippen LogP contribution in [0.4, 0.5) is 42.5 Å². The lowest BCUT2D eigenvalue weighted by Gasteiger charge is -2.47. The van der Waals surface area contributed by atoms with E-state index in [0.29, 0.717) is 61.1 Å². The van der Waals surface area contributed by atoms with Crippen molar-refractivity contribution in [2.45, 2.75) is 64.0 Å². The Morgan fingerprint density at radius 3 is 2.21 bits per heavy atom. The number of carboxylic acid groups (broad SMARTS) is 1. The second-order valence-electron chi connectivity index (χ2n) is 13.5. The highest BCUT2D eigenvalue weighted by Gasteiger charge is 2.47. The minimum Gasteiger partial charge on any atom is -0.497 e. The minimum atomic E-state index is -5.04. The molecule has 2 aliphatic rings. The van der Waals surface area contributed by atoms with E-state index in [9.17, 15) is 41.0 Å². The van der Waals surface area contributed by atoms with Crippen molar-refractivity contribution in [2.75, 3.05) is 49.8 Å². The normalized spacial score (nSPS) is 19.6. The summed E-state index contributed by atoms with van der Waals surface area (Å²) in [5.74, 6) is -1.35. The zero-order valence-electron chi connectivity index (χ0n) is 28.9. The SMILES string of the molecule is CC[C@]1(N)C[C@H](c2ncc(N3CCOCC3)c(Cc3cc(C(F)(F)F)cc(C(F)(F)F)c3)n2)c2cc(OC)ccc2N1C(=O)OCC(C)(C)C(=O)O. The molecule has 1 aromatic heterocycles. The quantitative estimate of drug-likeness (QED) is 0.231.